The molecule has 0 radical (unpaired) electrons. The number of nitrogen functional groups attached to an aromatic ring is 1. The lowest BCUT2D eigenvalue weighted by molar-refractivity contribution is -0.116. The molecule has 0 atom stereocenters. The van der Waals surface area contributed by atoms with Crippen LogP contribution in [0.15, 0.2) is 62.6 Å². The third-order valence-corrected chi connectivity index (χ3v) is 5.15. The number of hydrogen-bond acceptors (Lipinski definition) is 5. The van der Waals surface area contributed by atoms with Crippen LogP contribution in [0.5, 0.6) is 0 Å². The van der Waals surface area contributed by atoms with Crippen molar-refractivity contribution in [1.82, 2.24) is 9.55 Å². The second kappa shape index (κ2) is 9.61. The molecule has 162 valence electrons. The SMILES string of the molecule is CN(CCC(=O)Nc1ccc(Br)cc1F)c1c(N)n(Cc2ccccc2)c(=O)[nH]c1=O. The van der Waals surface area contributed by atoms with Gasteiger partial charge in [0.15, 0.2) is 0 Å². The van der Waals surface area contributed by atoms with Crippen molar-refractivity contribution in [2.45, 2.75) is 13.0 Å². The Morgan fingerprint density at radius 3 is 2.61 bits per heavy atom. The van der Waals surface area contributed by atoms with E-state index in [1.165, 1.54) is 21.6 Å². The van der Waals surface area contributed by atoms with Crippen LogP contribution in [0.1, 0.15) is 12.0 Å². The van der Waals surface area contributed by atoms with Crippen molar-refractivity contribution in [3.05, 3.63) is 85.2 Å². The molecule has 0 unspecified atom stereocenters. The number of aromatic nitrogens is 2. The number of rotatable bonds is 7. The average Bonchev–Trinajstić information content (AvgIpc) is 2.72. The van der Waals surface area contributed by atoms with Gasteiger partial charge >= 0.3 is 5.69 Å². The fraction of sp³-hybridized carbons (Fsp3) is 0.190. The predicted octanol–water partition coefficient (Wildman–Crippen LogP) is 2.53. The van der Waals surface area contributed by atoms with Gasteiger partial charge in [-0.3, -0.25) is 19.1 Å². The molecule has 10 heteroatoms. The third kappa shape index (κ3) is 5.40. The Morgan fingerprint density at radius 1 is 1.23 bits per heavy atom. The van der Waals surface area contributed by atoms with Crippen LogP contribution in [0.4, 0.5) is 21.6 Å². The number of nitrogens with two attached hydrogens (primary N) is 1. The lowest BCUT2D eigenvalue weighted by Gasteiger charge is -2.21. The summed E-state index contributed by atoms with van der Waals surface area (Å²) in [4.78, 5) is 40.6. The minimum atomic E-state index is -0.645. The average molecular weight is 490 g/mol. The molecule has 31 heavy (non-hydrogen) atoms. The zero-order chi connectivity index (χ0) is 22.5. The molecule has 3 aromatic rings. The maximum Gasteiger partial charge on any atom is 0.330 e. The van der Waals surface area contributed by atoms with E-state index in [-0.39, 0.29) is 36.7 Å². The Labute approximate surface area is 185 Å². The highest BCUT2D eigenvalue weighted by Gasteiger charge is 2.17. The molecule has 0 saturated heterocycles. The fourth-order valence-corrected chi connectivity index (χ4v) is 3.39. The summed E-state index contributed by atoms with van der Waals surface area (Å²) >= 11 is 3.16. The molecule has 1 aromatic heterocycles. The van der Waals surface area contributed by atoms with E-state index in [2.05, 4.69) is 26.2 Å². The van der Waals surface area contributed by atoms with E-state index in [9.17, 15) is 18.8 Å². The molecule has 1 amide bonds. The predicted molar refractivity (Wildman–Crippen MR) is 122 cm³/mol. The van der Waals surface area contributed by atoms with Gasteiger partial charge < -0.3 is 16.0 Å². The first-order valence-corrected chi connectivity index (χ1v) is 10.2. The van der Waals surface area contributed by atoms with Gasteiger partial charge in [-0.05, 0) is 23.8 Å². The second-order valence-electron chi connectivity index (χ2n) is 6.91. The van der Waals surface area contributed by atoms with Crippen molar-refractivity contribution in [2.24, 2.45) is 0 Å². The van der Waals surface area contributed by atoms with Crippen molar-refractivity contribution >= 4 is 39.0 Å². The molecule has 0 bridgehead atoms. The molecule has 3 rings (SSSR count). The molecule has 2 aromatic carbocycles. The van der Waals surface area contributed by atoms with Crippen molar-refractivity contribution in [3.8, 4) is 0 Å². The largest absolute Gasteiger partial charge is 0.383 e. The highest BCUT2D eigenvalue weighted by molar-refractivity contribution is 9.10. The summed E-state index contributed by atoms with van der Waals surface area (Å²) in [6.45, 7) is 0.313. The molecule has 0 saturated carbocycles. The van der Waals surface area contributed by atoms with Crippen molar-refractivity contribution in [2.75, 3.05) is 29.5 Å². The first-order valence-electron chi connectivity index (χ1n) is 9.39. The molecule has 0 aliphatic heterocycles. The van der Waals surface area contributed by atoms with Crippen LogP contribution in [0.3, 0.4) is 0 Å². The van der Waals surface area contributed by atoms with Crippen molar-refractivity contribution < 1.29 is 9.18 Å². The summed E-state index contributed by atoms with van der Waals surface area (Å²) in [6.07, 6.45) is -0.0251. The van der Waals surface area contributed by atoms with Crippen LogP contribution in [0, 0.1) is 5.82 Å². The maximum atomic E-state index is 13.9. The summed E-state index contributed by atoms with van der Waals surface area (Å²) in [7, 11) is 1.59. The number of nitrogens with one attached hydrogen (secondary N) is 2. The van der Waals surface area contributed by atoms with Crippen LogP contribution < -0.4 is 27.2 Å². The van der Waals surface area contributed by atoms with Gasteiger partial charge in [0.1, 0.15) is 17.3 Å². The van der Waals surface area contributed by atoms with Crippen molar-refractivity contribution in [1.29, 1.82) is 0 Å². The van der Waals surface area contributed by atoms with Crippen LogP contribution in [-0.2, 0) is 11.3 Å². The van der Waals surface area contributed by atoms with Gasteiger partial charge in [-0.2, -0.15) is 0 Å². The van der Waals surface area contributed by atoms with Crippen LogP contribution in [0.25, 0.3) is 0 Å². The second-order valence-corrected chi connectivity index (χ2v) is 7.82. The van der Waals surface area contributed by atoms with Crippen molar-refractivity contribution in [3.63, 3.8) is 0 Å². The van der Waals surface area contributed by atoms with E-state index >= 15 is 0 Å². The third-order valence-electron chi connectivity index (χ3n) is 4.66. The summed E-state index contributed by atoms with van der Waals surface area (Å²) in [5.41, 5.74) is 5.86. The van der Waals surface area contributed by atoms with E-state index in [1.54, 1.807) is 13.1 Å². The van der Waals surface area contributed by atoms with Gasteiger partial charge in [0, 0.05) is 24.5 Å². The highest BCUT2D eigenvalue weighted by Crippen LogP contribution is 2.20. The topological polar surface area (TPSA) is 113 Å². The van der Waals surface area contributed by atoms with E-state index in [0.717, 1.165) is 5.56 Å². The summed E-state index contributed by atoms with van der Waals surface area (Å²) in [6, 6.07) is 13.5. The van der Waals surface area contributed by atoms with Gasteiger partial charge in [-0.25, -0.2) is 9.18 Å². The molecular weight excluding hydrogens is 469 g/mol. The number of carbonyl (C=O) groups is 1. The number of amides is 1. The molecule has 0 fully saturated rings. The Balaban J connectivity index is 1.74. The molecule has 0 aliphatic carbocycles. The fourth-order valence-electron chi connectivity index (χ4n) is 3.05. The minimum absolute atomic E-state index is 0.000495. The molecule has 0 spiro atoms. The first kappa shape index (κ1) is 22.3. The number of hydrogen-bond donors (Lipinski definition) is 3. The summed E-state index contributed by atoms with van der Waals surface area (Å²) < 4.78 is 15.7. The van der Waals surface area contributed by atoms with Crippen LogP contribution in [0.2, 0.25) is 0 Å². The Hall–Kier alpha value is -3.40. The maximum absolute atomic E-state index is 13.9. The number of carbonyl (C=O) groups excluding carboxylic acids is 1. The molecule has 4 N–H and O–H groups in total. The Morgan fingerprint density at radius 2 is 1.94 bits per heavy atom. The zero-order valence-corrected chi connectivity index (χ0v) is 18.3. The van der Waals surface area contributed by atoms with Gasteiger partial charge in [0.2, 0.25) is 5.91 Å². The van der Waals surface area contributed by atoms with E-state index in [4.69, 9.17) is 5.73 Å². The smallest absolute Gasteiger partial charge is 0.330 e. The van der Waals surface area contributed by atoms with E-state index < -0.39 is 23.0 Å². The van der Waals surface area contributed by atoms with Gasteiger partial charge in [0.25, 0.3) is 5.56 Å². The van der Waals surface area contributed by atoms with Crippen LogP contribution in [-0.4, -0.2) is 29.1 Å². The lowest BCUT2D eigenvalue weighted by atomic mass is 10.2. The summed E-state index contributed by atoms with van der Waals surface area (Å²) in [5.74, 6) is -0.995. The number of anilines is 3. The summed E-state index contributed by atoms with van der Waals surface area (Å²) in [5, 5.41) is 2.49. The minimum Gasteiger partial charge on any atom is -0.383 e. The Bertz CT molecular complexity index is 1210. The zero-order valence-electron chi connectivity index (χ0n) is 16.7. The monoisotopic (exact) mass is 489 g/mol. The molecule has 1 heterocycles. The quantitative estimate of drug-likeness (QED) is 0.471. The molecule has 8 nitrogen and oxygen atoms in total. The van der Waals surface area contributed by atoms with E-state index in [0.29, 0.717) is 4.47 Å². The Kier molecular flexibility index (Phi) is 6.91. The van der Waals surface area contributed by atoms with Gasteiger partial charge in [-0.15, -0.1) is 0 Å². The first-order chi connectivity index (χ1) is 14.8. The number of aromatic amines is 1. The number of halogens is 2. The highest BCUT2D eigenvalue weighted by atomic mass is 79.9. The number of benzene rings is 2. The molecule has 0 aliphatic rings. The van der Waals surface area contributed by atoms with Gasteiger partial charge in [0.05, 0.1) is 12.2 Å². The number of nitrogens with zero attached hydrogens (tertiary/aromatic N) is 2. The standard InChI is InChI=1S/C21H21BrFN5O3/c1-27(10-9-17(29)25-16-8-7-14(22)11-15(16)23)18-19(24)28(21(31)26-20(18)30)12-13-5-3-2-4-6-13/h2-8,11H,9-10,12,24H2,1H3,(H,25,29)(H,26,30,31). The normalized spacial score (nSPS) is 10.7. The van der Waals surface area contributed by atoms with Gasteiger partial charge in [-0.1, -0.05) is 46.3 Å². The van der Waals surface area contributed by atoms with E-state index in [1.807, 2.05) is 30.3 Å². The molecular formula is C21H21BrFN5O3. The lowest BCUT2D eigenvalue weighted by Crippen LogP contribution is -2.38. The van der Waals surface area contributed by atoms with Crippen LogP contribution >= 0.6 is 15.9 Å². The number of H-pyrrole nitrogens is 1.